The minimum absolute atomic E-state index is 0.0406. The van der Waals surface area contributed by atoms with Crippen LogP contribution in [0.25, 0.3) is 0 Å². The van der Waals surface area contributed by atoms with Crippen LogP contribution in [0.1, 0.15) is 41.9 Å². The number of aryl methyl sites for hydroxylation is 1. The first kappa shape index (κ1) is 16.5. The third kappa shape index (κ3) is 3.41. The van der Waals surface area contributed by atoms with Crippen LogP contribution in [0.3, 0.4) is 0 Å². The molecule has 0 bridgehead atoms. The van der Waals surface area contributed by atoms with Crippen molar-refractivity contribution in [1.29, 1.82) is 0 Å². The van der Waals surface area contributed by atoms with Crippen molar-refractivity contribution in [3.63, 3.8) is 0 Å². The molecule has 0 radical (unpaired) electrons. The first-order chi connectivity index (χ1) is 11.6. The third-order valence-electron chi connectivity index (χ3n) is 4.79. The highest BCUT2D eigenvalue weighted by molar-refractivity contribution is 6.03. The van der Waals surface area contributed by atoms with Crippen molar-refractivity contribution < 1.29 is 14.5 Å². The quantitative estimate of drug-likeness (QED) is 0.820. The molecule has 0 aliphatic carbocycles. The molecule has 1 saturated heterocycles. The van der Waals surface area contributed by atoms with E-state index in [0.717, 1.165) is 19.4 Å². The number of Topliss-reactive ketones (excluding diaryl/α,β-unsaturated/α-hetero) is 1. The van der Waals surface area contributed by atoms with Crippen LogP contribution in [-0.4, -0.2) is 29.3 Å². The molecule has 1 aliphatic heterocycles. The van der Waals surface area contributed by atoms with E-state index in [9.17, 15) is 9.59 Å². The summed E-state index contributed by atoms with van der Waals surface area (Å²) in [6.07, 6.45) is 4.28. The summed E-state index contributed by atoms with van der Waals surface area (Å²) in [6.45, 7) is 2.93. The molecule has 1 aromatic carbocycles. The summed E-state index contributed by atoms with van der Waals surface area (Å²) in [5, 5.41) is 2.91. The largest absolute Gasteiger partial charge is 0.350 e. The molecule has 1 aliphatic rings. The second-order valence-electron chi connectivity index (χ2n) is 6.47. The average Bonchev–Trinajstić information content (AvgIpc) is 3.16. The molecule has 0 spiro atoms. The Balaban J connectivity index is 1.69. The third-order valence-corrected chi connectivity index (χ3v) is 4.79. The topological polar surface area (TPSA) is 55.5 Å². The Kier molecular flexibility index (Phi) is 4.81. The van der Waals surface area contributed by atoms with Gasteiger partial charge in [0.15, 0.2) is 12.3 Å². The first-order valence-corrected chi connectivity index (χ1v) is 8.42. The normalized spacial score (nSPS) is 20.1. The Hall–Kier alpha value is -2.40. The summed E-state index contributed by atoms with van der Waals surface area (Å²) in [4.78, 5) is 25.5. The second kappa shape index (κ2) is 7.01. The Bertz CT molecular complexity index is 751. The van der Waals surface area contributed by atoms with Gasteiger partial charge in [0.25, 0.3) is 5.91 Å². The summed E-state index contributed by atoms with van der Waals surface area (Å²) in [6, 6.07) is 11.7. The Morgan fingerprint density at radius 3 is 2.75 bits per heavy atom. The number of rotatable bonds is 5. The fourth-order valence-electron chi connectivity index (χ4n) is 3.62. The zero-order valence-corrected chi connectivity index (χ0v) is 14.2. The summed E-state index contributed by atoms with van der Waals surface area (Å²) in [5.41, 5.74) is 2.43. The smallest absolute Gasteiger partial charge is 0.279 e. The van der Waals surface area contributed by atoms with Crippen LogP contribution in [0.2, 0.25) is 0 Å². The number of benzene rings is 1. The molecule has 1 unspecified atom stereocenters. The van der Waals surface area contributed by atoms with Crippen molar-refractivity contribution in [3.8, 4) is 0 Å². The summed E-state index contributed by atoms with van der Waals surface area (Å²) in [7, 11) is 2.05. The van der Waals surface area contributed by atoms with Crippen molar-refractivity contribution in [2.24, 2.45) is 7.05 Å². The monoisotopic (exact) mass is 326 g/mol. The number of quaternary nitrogens is 1. The van der Waals surface area contributed by atoms with Gasteiger partial charge in [0, 0.05) is 31.6 Å². The number of carbonyl (C=O) groups is 2. The van der Waals surface area contributed by atoms with Gasteiger partial charge >= 0.3 is 0 Å². The number of aromatic nitrogens is 1. The molecule has 2 aromatic rings. The Morgan fingerprint density at radius 2 is 2.04 bits per heavy atom. The van der Waals surface area contributed by atoms with Crippen molar-refractivity contribution >= 4 is 17.4 Å². The van der Waals surface area contributed by atoms with Gasteiger partial charge in [-0.25, -0.2) is 0 Å². The molecule has 1 amide bonds. The number of anilines is 1. The van der Waals surface area contributed by atoms with E-state index in [1.807, 2.05) is 12.1 Å². The lowest BCUT2D eigenvalue weighted by atomic mass is 10.1. The number of amides is 1. The maximum Gasteiger partial charge on any atom is 0.279 e. The molecule has 0 saturated carbocycles. The fraction of sp³-hybridized carbons (Fsp3) is 0.368. The Morgan fingerprint density at radius 1 is 1.25 bits per heavy atom. The SMILES string of the molecule is CC(=O)c1ccccc1NC(=O)C[NH+]1CCC[C@@H]1c1cccn1C. The summed E-state index contributed by atoms with van der Waals surface area (Å²) < 4.78 is 2.14. The number of carbonyl (C=O) groups excluding carboxylic acids is 2. The van der Waals surface area contributed by atoms with Gasteiger partial charge in [-0.05, 0) is 31.2 Å². The van der Waals surface area contributed by atoms with Crippen LogP contribution < -0.4 is 10.2 Å². The van der Waals surface area contributed by atoms with Crippen molar-refractivity contribution in [2.75, 3.05) is 18.4 Å². The van der Waals surface area contributed by atoms with Gasteiger partial charge in [-0.15, -0.1) is 0 Å². The second-order valence-corrected chi connectivity index (χ2v) is 6.47. The molecule has 1 aromatic heterocycles. The molecular formula is C19H24N3O2+. The van der Waals surface area contributed by atoms with Crippen LogP contribution in [0.15, 0.2) is 42.6 Å². The van der Waals surface area contributed by atoms with Crippen molar-refractivity contribution in [1.82, 2.24) is 4.57 Å². The van der Waals surface area contributed by atoms with Crippen molar-refractivity contribution in [2.45, 2.75) is 25.8 Å². The molecule has 2 heterocycles. The first-order valence-electron chi connectivity index (χ1n) is 8.42. The van der Waals surface area contributed by atoms with E-state index in [-0.39, 0.29) is 11.7 Å². The standard InChI is InChI=1S/C19H23N3O2/c1-14(23)15-7-3-4-8-16(15)20-19(24)13-22-12-6-10-18(22)17-9-5-11-21(17)2/h3-5,7-9,11,18H,6,10,12-13H2,1-2H3,(H,20,24)/p+1/t18-/m1/s1. The minimum atomic E-state index is -0.0418. The van der Waals surface area contributed by atoms with Gasteiger partial charge in [0.05, 0.1) is 17.9 Å². The highest BCUT2D eigenvalue weighted by Gasteiger charge is 2.33. The lowest BCUT2D eigenvalue weighted by Gasteiger charge is -2.22. The van der Waals surface area contributed by atoms with Crippen LogP contribution in [-0.2, 0) is 11.8 Å². The highest BCUT2D eigenvalue weighted by atomic mass is 16.2. The highest BCUT2D eigenvalue weighted by Crippen LogP contribution is 2.19. The van der Waals surface area contributed by atoms with E-state index in [1.165, 1.54) is 17.5 Å². The number of nitrogens with zero attached hydrogens (tertiary/aromatic N) is 1. The maximum atomic E-state index is 12.5. The number of hydrogen-bond acceptors (Lipinski definition) is 2. The minimum Gasteiger partial charge on any atom is -0.350 e. The van der Waals surface area contributed by atoms with E-state index in [1.54, 1.807) is 12.1 Å². The molecular weight excluding hydrogens is 302 g/mol. The lowest BCUT2D eigenvalue weighted by Crippen LogP contribution is -3.11. The van der Waals surface area contributed by atoms with E-state index < -0.39 is 0 Å². The van der Waals surface area contributed by atoms with Gasteiger partial charge in [-0.3, -0.25) is 9.59 Å². The molecule has 3 rings (SSSR count). The van der Waals surface area contributed by atoms with E-state index in [2.05, 4.69) is 35.3 Å². The molecule has 5 nitrogen and oxygen atoms in total. The van der Waals surface area contributed by atoms with Crippen LogP contribution in [0.4, 0.5) is 5.69 Å². The van der Waals surface area contributed by atoms with Gasteiger partial charge in [-0.2, -0.15) is 0 Å². The van der Waals surface area contributed by atoms with Gasteiger partial charge in [0.2, 0.25) is 0 Å². The summed E-state index contributed by atoms with van der Waals surface area (Å²) in [5.74, 6) is -0.0825. The van der Waals surface area contributed by atoms with Crippen molar-refractivity contribution in [3.05, 3.63) is 53.9 Å². The molecule has 126 valence electrons. The van der Waals surface area contributed by atoms with Crippen LogP contribution in [0.5, 0.6) is 0 Å². The zero-order chi connectivity index (χ0) is 17.1. The van der Waals surface area contributed by atoms with E-state index >= 15 is 0 Å². The fourth-order valence-corrected chi connectivity index (χ4v) is 3.62. The molecule has 24 heavy (non-hydrogen) atoms. The number of hydrogen-bond donors (Lipinski definition) is 2. The predicted octanol–water partition coefficient (Wildman–Crippen LogP) is 1.59. The predicted molar refractivity (Wildman–Crippen MR) is 93.2 cm³/mol. The molecule has 5 heteroatoms. The average molecular weight is 326 g/mol. The van der Waals surface area contributed by atoms with E-state index in [0.29, 0.717) is 23.8 Å². The van der Waals surface area contributed by atoms with E-state index in [4.69, 9.17) is 0 Å². The molecule has 1 fully saturated rings. The molecule has 2 atom stereocenters. The number of para-hydroxylation sites is 1. The van der Waals surface area contributed by atoms with Crippen LogP contribution in [0, 0.1) is 0 Å². The number of likely N-dealkylation sites (tertiary alicyclic amines) is 1. The van der Waals surface area contributed by atoms with Gasteiger partial charge in [0.1, 0.15) is 6.04 Å². The van der Waals surface area contributed by atoms with Crippen LogP contribution >= 0.6 is 0 Å². The van der Waals surface area contributed by atoms with Gasteiger partial charge < -0.3 is 14.8 Å². The van der Waals surface area contributed by atoms with Gasteiger partial charge in [-0.1, -0.05) is 12.1 Å². The maximum absolute atomic E-state index is 12.5. The number of nitrogens with one attached hydrogen (secondary N) is 2. The summed E-state index contributed by atoms with van der Waals surface area (Å²) >= 11 is 0. The number of ketones is 1. The Labute approximate surface area is 142 Å². The molecule has 2 N–H and O–H groups in total. The lowest BCUT2D eigenvalue weighted by molar-refractivity contribution is -0.910. The zero-order valence-electron chi connectivity index (χ0n) is 14.2.